The molecule has 1 aliphatic heterocycles. The first-order valence-electron chi connectivity index (χ1n) is 7.14. The maximum atomic E-state index is 11.9. The van der Waals surface area contributed by atoms with Gasteiger partial charge in [0, 0.05) is 26.1 Å². The fourth-order valence-electron chi connectivity index (χ4n) is 2.67. The van der Waals surface area contributed by atoms with Gasteiger partial charge < -0.3 is 20.4 Å². The summed E-state index contributed by atoms with van der Waals surface area (Å²) in [6.45, 7) is 7.62. The van der Waals surface area contributed by atoms with Crippen LogP contribution in [0.3, 0.4) is 0 Å². The number of carbonyl (C=O) groups excluding carboxylic acids is 1. The summed E-state index contributed by atoms with van der Waals surface area (Å²) in [4.78, 5) is 23.9. The van der Waals surface area contributed by atoms with E-state index in [4.69, 9.17) is 5.11 Å². The number of β-amino-alcohol motifs (C(OH)–C–C–N with tert-alkyl or cyclic N) is 1. The van der Waals surface area contributed by atoms with Gasteiger partial charge in [-0.1, -0.05) is 20.8 Å². The van der Waals surface area contributed by atoms with Crippen molar-refractivity contribution in [3.05, 3.63) is 0 Å². The largest absolute Gasteiger partial charge is 0.481 e. The number of hydrogen-bond donors (Lipinski definition) is 3. The van der Waals surface area contributed by atoms with Gasteiger partial charge in [-0.15, -0.1) is 0 Å². The Morgan fingerprint density at radius 1 is 1.35 bits per heavy atom. The molecular weight excluding hydrogens is 260 g/mol. The number of piperidine rings is 1. The topological polar surface area (TPSA) is 89.9 Å². The van der Waals surface area contributed by atoms with Crippen LogP contribution in [0.25, 0.3) is 0 Å². The number of carboxylic acids is 1. The van der Waals surface area contributed by atoms with Crippen LogP contribution in [0.1, 0.15) is 40.0 Å². The van der Waals surface area contributed by atoms with Crippen molar-refractivity contribution < 1.29 is 19.8 Å². The summed E-state index contributed by atoms with van der Waals surface area (Å²) in [5.74, 6) is -0.667. The molecule has 0 aromatic rings. The molecule has 0 bridgehead atoms. The normalized spacial score (nSPS) is 23.5. The Kier molecular flexibility index (Phi) is 5.80. The minimum atomic E-state index is -0.860. The molecule has 6 heteroatoms. The smallest absolute Gasteiger partial charge is 0.317 e. The third-order valence-electron chi connectivity index (χ3n) is 3.83. The molecule has 6 nitrogen and oxygen atoms in total. The van der Waals surface area contributed by atoms with Gasteiger partial charge in [0.05, 0.1) is 6.10 Å². The van der Waals surface area contributed by atoms with Gasteiger partial charge in [0.2, 0.25) is 0 Å². The SMILES string of the molecule is CC(C)(C)C1CCN(C(=O)NCCCC(=O)O)CC1O. The minimum absolute atomic E-state index is 0.0312. The number of urea groups is 1. The van der Waals surface area contributed by atoms with Crippen LogP contribution < -0.4 is 5.32 Å². The summed E-state index contributed by atoms with van der Waals surface area (Å²) in [6.07, 6.45) is 0.748. The second-order valence-corrected chi connectivity index (χ2v) is 6.50. The molecule has 3 N–H and O–H groups in total. The molecule has 1 aliphatic rings. The van der Waals surface area contributed by atoms with Gasteiger partial charge in [0.15, 0.2) is 0 Å². The van der Waals surface area contributed by atoms with Gasteiger partial charge in [0.1, 0.15) is 0 Å². The number of aliphatic carboxylic acids is 1. The maximum Gasteiger partial charge on any atom is 0.317 e. The van der Waals surface area contributed by atoms with E-state index in [1.54, 1.807) is 4.90 Å². The van der Waals surface area contributed by atoms with E-state index in [9.17, 15) is 14.7 Å². The zero-order chi connectivity index (χ0) is 15.3. The third kappa shape index (κ3) is 5.00. The van der Waals surface area contributed by atoms with Crippen LogP contribution in [0.4, 0.5) is 4.79 Å². The lowest BCUT2D eigenvalue weighted by Gasteiger charge is -2.42. The zero-order valence-corrected chi connectivity index (χ0v) is 12.6. The van der Waals surface area contributed by atoms with E-state index in [1.807, 2.05) is 0 Å². The van der Waals surface area contributed by atoms with Crippen LogP contribution in [-0.4, -0.2) is 52.9 Å². The summed E-state index contributed by atoms with van der Waals surface area (Å²) < 4.78 is 0. The van der Waals surface area contributed by atoms with Gasteiger partial charge >= 0.3 is 12.0 Å². The number of aliphatic hydroxyl groups is 1. The zero-order valence-electron chi connectivity index (χ0n) is 12.6. The maximum absolute atomic E-state index is 11.9. The van der Waals surface area contributed by atoms with E-state index < -0.39 is 12.1 Å². The number of aliphatic hydroxyl groups excluding tert-OH is 1. The highest BCUT2D eigenvalue weighted by molar-refractivity contribution is 5.74. The van der Waals surface area contributed by atoms with Gasteiger partial charge in [-0.2, -0.15) is 0 Å². The van der Waals surface area contributed by atoms with E-state index >= 15 is 0 Å². The Bertz CT molecular complexity index is 352. The standard InChI is InChI=1S/C14H26N2O4/c1-14(2,3)10-6-8-16(9-11(10)17)13(20)15-7-4-5-12(18)19/h10-11,17H,4-9H2,1-3H3,(H,15,20)(H,18,19). The number of carbonyl (C=O) groups is 2. The summed E-state index contributed by atoms with van der Waals surface area (Å²) in [6, 6.07) is -0.221. The molecule has 0 aromatic heterocycles. The van der Waals surface area contributed by atoms with Gasteiger partial charge in [-0.05, 0) is 24.2 Å². The van der Waals surface area contributed by atoms with E-state index in [1.165, 1.54) is 0 Å². The summed E-state index contributed by atoms with van der Waals surface area (Å²) in [5.41, 5.74) is 0.0312. The van der Waals surface area contributed by atoms with Crippen molar-refractivity contribution in [1.29, 1.82) is 0 Å². The fraction of sp³-hybridized carbons (Fsp3) is 0.857. The Labute approximate surface area is 120 Å². The minimum Gasteiger partial charge on any atom is -0.481 e. The summed E-state index contributed by atoms with van der Waals surface area (Å²) >= 11 is 0. The van der Waals surface area contributed by atoms with Crippen LogP contribution in [-0.2, 0) is 4.79 Å². The lowest BCUT2D eigenvalue weighted by molar-refractivity contribution is -0.137. The van der Waals surface area contributed by atoms with E-state index in [0.29, 0.717) is 26.1 Å². The van der Waals surface area contributed by atoms with Crippen molar-refractivity contribution >= 4 is 12.0 Å². The molecule has 2 amide bonds. The lowest BCUT2D eigenvalue weighted by atomic mass is 9.74. The Morgan fingerprint density at radius 2 is 2.00 bits per heavy atom. The first kappa shape index (κ1) is 16.8. The first-order valence-corrected chi connectivity index (χ1v) is 7.14. The molecule has 1 fully saturated rings. The number of carboxylic acid groups (broad SMARTS) is 1. The molecular formula is C14H26N2O4. The molecule has 1 saturated heterocycles. The van der Waals surface area contributed by atoms with Crippen molar-refractivity contribution in [1.82, 2.24) is 10.2 Å². The average Bonchev–Trinajstić information content (AvgIpc) is 2.32. The lowest BCUT2D eigenvalue weighted by Crippen LogP contribution is -2.52. The predicted octanol–water partition coefficient (Wildman–Crippen LogP) is 1.29. The number of amides is 2. The molecule has 0 radical (unpaired) electrons. The molecule has 2 unspecified atom stereocenters. The number of nitrogens with one attached hydrogen (secondary N) is 1. The van der Waals surface area contributed by atoms with E-state index in [2.05, 4.69) is 26.1 Å². The van der Waals surface area contributed by atoms with Gasteiger partial charge in [-0.25, -0.2) is 4.79 Å². The molecule has 20 heavy (non-hydrogen) atoms. The number of likely N-dealkylation sites (tertiary alicyclic amines) is 1. The highest BCUT2D eigenvalue weighted by Gasteiger charge is 2.36. The highest BCUT2D eigenvalue weighted by Crippen LogP contribution is 2.34. The van der Waals surface area contributed by atoms with Crippen molar-refractivity contribution in [2.24, 2.45) is 11.3 Å². The molecule has 0 aliphatic carbocycles. The molecule has 116 valence electrons. The van der Waals surface area contributed by atoms with Crippen molar-refractivity contribution in [3.8, 4) is 0 Å². The Hall–Kier alpha value is -1.30. The molecule has 0 saturated carbocycles. The molecule has 0 spiro atoms. The monoisotopic (exact) mass is 286 g/mol. The number of nitrogens with zero attached hydrogens (tertiary/aromatic N) is 1. The van der Waals surface area contributed by atoms with Gasteiger partial charge in [-0.3, -0.25) is 4.79 Å². The average molecular weight is 286 g/mol. The van der Waals surface area contributed by atoms with Crippen LogP contribution >= 0.6 is 0 Å². The van der Waals surface area contributed by atoms with Crippen LogP contribution in [0.15, 0.2) is 0 Å². The number of rotatable bonds is 4. The summed E-state index contributed by atoms with van der Waals surface area (Å²) in [5, 5.41) is 21.4. The Morgan fingerprint density at radius 3 is 2.50 bits per heavy atom. The van der Waals surface area contributed by atoms with Crippen molar-refractivity contribution in [2.75, 3.05) is 19.6 Å². The summed E-state index contributed by atoms with van der Waals surface area (Å²) in [7, 11) is 0. The quantitative estimate of drug-likeness (QED) is 0.679. The number of hydrogen-bond acceptors (Lipinski definition) is 3. The van der Waals surface area contributed by atoms with Crippen LogP contribution in [0.5, 0.6) is 0 Å². The molecule has 0 aromatic carbocycles. The Balaban J connectivity index is 2.36. The second-order valence-electron chi connectivity index (χ2n) is 6.50. The molecule has 2 atom stereocenters. The van der Waals surface area contributed by atoms with E-state index in [0.717, 1.165) is 6.42 Å². The van der Waals surface area contributed by atoms with Gasteiger partial charge in [0.25, 0.3) is 0 Å². The van der Waals surface area contributed by atoms with Crippen LogP contribution in [0.2, 0.25) is 0 Å². The fourth-order valence-corrected chi connectivity index (χ4v) is 2.67. The molecule has 1 rings (SSSR count). The highest BCUT2D eigenvalue weighted by atomic mass is 16.4. The first-order chi connectivity index (χ1) is 9.21. The molecule has 1 heterocycles. The van der Waals surface area contributed by atoms with Crippen molar-refractivity contribution in [3.63, 3.8) is 0 Å². The predicted molar refractivity (Wildman–Crippen MR) is 75.4 cm³/mol. The second kappa shape index (κ2) is 6.92. The third-order valence-corrected chi connectivity index (χ3v) is 3.83. The van der Waals surface area contributed by atoms with Crippen LogP contribution in [0, 0.1) is 11.3 Å². The van der Waals surface area contributed by atoms with E-state index in [-0.39, 0.29) is 23.8 Å². The van der Waals surface area contributed by atoms with Crippen molar-refractivity contribution in [2.45, 2.75) is 46.1 Å².